The molecule has 0 radical (unpaired) electrons. The van der Waals surface area contributed by atoms with Crippen LogP contribution in [-0.4, -0.2) is 35.2 Å². The van der Waals surface area contributed by atoms with Crippen LogP contribution in [0.2, 0.25) is 0 Å². The number of hydrogen-bond acceptors (Lipinski definition) is 2. The standard InChI is InChI=1S/C29H32FN2O/c1-3-17-33-29(25-13-15-31-27-12-8-6-10-24(25)27)28-18-22-14-16-32(28,19-21(22)4-2)20-23-9-5-7-11-26(23)30/h3-13,15,21-22,28-29H,1-2,14,16-20H2/q+1/t21-,22-,28-,29+,32-/m0/s1. The molecular formula is C29H32FN2O+. The van der Waals surface area contributed by atoms with Gasteiger partial charge in [0, 0.05) is 35.9 Å². The molecule has 0 N–H and O–H groups in total. The van der Waals surface area contributed by atoms with E-state index in [1.165, 1.54) is 5.56 Å². The maximum Gasteiger partial charge on any atom is 0.135 e. The quantitative estimate of drug-likeness (QED) is 0.304. The van der Waals surface area contributed by atoms with Crippen LogP contribution in [0.1, 0.15) is 30.1 Å². The lowest BCUT2D eigenvalue weighted by Crippen LogP contribution is -2.67. The van der Waals surface area contributed by atoms with Gasteiger partial charge in [0.25, 0.3) is 0 Å². The first-order valence-corrected chi connectivity index (χ1v) is 11.9. The van der Waals surface area contributed by atoms with E-state index in [0.29, 0.717) is 25.0 Å². The van der Waals surface area contributed by atoms with Gasteiger partial charge >= 0.3 is 0 Å². The Morgan fingerprint density at radius 3 is 2.76 bits per heavy atom. The molecule has 170 valence electrons. The van der Waals surface area contributed by atoms with E-state index in [1.54, 1.807) is 12.1 Å². The summed E-state index contributed by atoms with van der Waals surface area (Å²) in [6, 6.07) is 17.8. The summed E-state index contributed by atoms with van der Waals surface area (Å²) in [5, 5.41) is 1.13. The van der Waals surface area contributed by atoms with Crippen molar-refractivity contribution in [2.45, 2.75) is 31.5 Å². The van der Waals surface area contributed by atoms with E-state index in [4.69, 9.17) is 4.74 Å². The summed E-state index contributed by atoms with van der Waals surface area (Å²) in [7, 11) is 0. The zero-order valence-electron chi connectivity index (χ0n) is 19.1. The second-order valence-electron chi connectivity index (χ2n) is 9.59. The number of aromatic nitrogens is 1. The maximum absolute atomic E-state index is 14.8. The van der Waals surface area contributed by atoms with Crippen LogP contribution >= 0.6 is 0 Å². The van der Waals surface area contributed by atoms with Crippen molar-refractivity contribution < 1.29 is 13.6 Å². The smallest absolute Gasteiger partial charge is 0.135 e. The van der Waals surface area contributed by atoms with Crippen LogP contribution in [0, 0.1) is 17.7 Å². The minimum absolute atomic E-state index is 0.115. The molecule has 2 bridgehead atoms. The molecule has 0 spiro atoms. The lowest BCUT2D eigenvalue weighted by Gasteiger charge is -2.58. The van der Waals surface area contributed by atoms with Crippen LogP contribution in [0.5, 0.6) is 0 Å². The normalized spacial score (nSPS) is 27.4. The number of fused-ring (bicyclic) bond motifs is 4. The molecule has 4 heteroatoms. The molecule has 3 fully saturated rings. The van der Waals surface area contributed by atoms with Crippen LogP contribution in [0.25, 0.3) is 10.9 Å². The number of piperidine rings is 3. The third kappa shape index (κ3) is 4.03. The van der Waals surface area contributed by atoms with E-state index in [-0.39, 0.29) is 18.0 Å². The molecule has 5 atom stereocenters. The zero-order valence-corrected chi connectivity index (χ0v) is 19.1. The monoisotopic (exact) mass is 443 g/mol. The van der Waals surface area contributed by atoms with Gasteiger partial charge in [0.1, 0.15) is 24.5 Å². The minimum Gasteiger partial charge on any atom is -0.363 e. The van der Waals surface area contributed by atoms with Gasteiger partial charge in [-0.25, -0.2) is 4.39 Å². The molecule has 0 aliphatic carbocycles. The molecule has 2 aromatic carbocycles. The van der Waals surface area contributed by atoms with Crippen molar-refractivity contribution in [1.82, 2.24) is 4.98 Å². The molecule has 1 aromatic heterocycles. The number of para-hydroxylation sites is 1. The maximum atomic E-state index is 14.8. The van der Waals surface area contributed by atoms with Gasteiger partial charge in [0.15, 0.2) is 0 Å². The van der Waals surface area contributed by atoms with Crippen molar-refractivity contribution in [3.63, 3.8) is 0 Å². The predicted molar refractivity (Wildman–Crippen MR) is 131 cm³/mol. The molecular weight excluding hydrogens is 411 g/mol. The summed E-state index contributed by atoms with van der Waals surface area (Å²) < 4.78 is 22.2. The number of ether oxygens (including phenoxy) is 1. The first-order valence-electron chi connectivity index (χ1n) is 11.9. The summed E-state index contributed by atoms with van der Waals surface area (Å²) in [5.41, 5.74) is 2.93. The molecule has 0 amide bonds. The SMILES string of the molecule is C=CCO[C@H](c1ccnc2ccccc12)[C@@H]1C[C@@H]2CC[N@@+]1(Cc1ccccc1F)C[C@@H]2C=C. The van der Waals surface area contributed by atoms with E-state index in [2.05, 4.69) is 42.4 Å². The molecule has 4 heterocycles. The Hall–Kier alpha value is -2.82. The minimum atomic E-state index is -0.121. The summed E-state index contributed by atoms with van der Waals surface area (Å²) >= 11 is 0. The van der Waals surface area contributed by atoms with Crippen LogP contribution in [0.3, 0.4) is 0 Å². The number of pyridine rings is 1. The molecule has 3 aromatic rings. The Balaban J connectivity index is 1.61. The number of hydrogen-bond donors (Lipinski definition) is 0. The Kier molecular flexibility index (Phi) is 6.13. The number of halogens is 1. The fourth-order valence-corrected chi connectivity index (χ4v) is 6.28. The van der Waals surface area contributed by atoms with Gasteiger partial charge in [-0.3, -0.25) is 4.98 Å². The van der Waals surface area contributed by atoms with Crippen molar-refractivity contribution in [2.24, 2.45) is 11.8 Å². The van der Waals surface area contributed by atoms with Gasteiger partial charge in [0.2, 0.25) is 0 Å². The third-order valence-electron chi connectivity index (χ3n) is 7.85. The second kappa shape index (κ2) is 9.20. The molecule has 3 aliphatic heterocycles. The summed E-state index contributed by atoms with van der Waals surface area (Å²) in [5.74, 6) is 0.927. The molecule has 6 rings (SSSR count). The van der Waals surface area contributed by atoms with Gasteiger partial charge in [-0.05, 0) is 29.7 Å². The van der Waals surface area contributed by atoms with Gasteiger partial charge in [-0.15, -0.1) is 13.2 Å². The van der Waals surface area contributed by atoms with Crippen LogP contribution < -0.4 is 0 Å². The Morgan fingerprint density at radius 1 is 1.12 bits per heavy atom. The molecule has 0 unspecified atom stereocenters. The van der Waals surface area contributed by atoms with E-state index < -0.39 is 0 Å². The first-order chi connectivity index (χ1) is 16.1. The van der Waals surface area contributed by atoms with Crippen molar-refractivity contribution in [3.05, 3.63) is 103 Å². The zero-order chi connectivity index (χ0) is 22.8. The number of benzene rings is 2. The van der Waals surface area contributed by atoms with E-state index in [9.17, 15) is 4.39 Å². The highest BCUT2D eigenvalue weighted by Gasteiger charge is 2.54. The van der Waals surface area contributed by atoms with Crippen LogP contribution in [-0.2, 0) is 11.3 Å². The number of rotatable bonds is 8. The molecule has 33 heavy (non-hydrogen) atoms. The second-order valence-corrected chi connectivity index (χ2v) is 9.59. The highest BCUT2D eigenvalue weighted by atomic mass is 19.1. The van der Waals surface area contributed by atoms with Crippen LogP contribution in [0.4, 0.5) is 4.39 Å². The first kappa shape index (κ1) is 22.0. The van der Waals surface area contributed by atoms with E-state index >= 15 is 0 Å². The fraction of sp³-hybridized carbons (Fsp3) is 0.345. The van der Waals surface area contributed by atoms with Crippen molar-refractivity contribution >= 4 is 10.9 Å². The number of quaternary nitrogens is 1. The average molecular weight is 444 g/mol. The van der Waals surface area contributed by atoms with Gasteiger partial charge in [-0.1, -0.05) is 48.6 Å². The predicted octanol–water partition coefficient (Wildman–Crippen LogP) is 6.23. The largest absolute Gasteiger partial charge is 0.363 e. The molecule has 0 saturated carbocycles. The Morgan fingerprint density at radius 2 is 1.94 bits per heavy atom. The third-order valence-corrected chi connectivity index (χ3v) is 7.85. The summed E-state index contributed by atoms with van der Waals surface area (Å²) in [6.45, 7) is 11.2. The lowest BCUT2D eigenvalue weighted by molar-refractivity contribution is -0.985. The van der Waals surface area contributed by atoms with Gasteiger partial charge in [0.05, 0.1) is 25.2 Å². The van der Waals surface area contributed by atoms with E-state index in [1.807, 2.05) is 36.5 Å². The fourth-order valence-electron chi connectivity index (χ4n) is 6.28. The van der Waals surface area contributed by atoms with E-state index in [0.717, 1.165) is 46.9 Å². The highest BCUT2D eigenvalue weighted by Crippen LogP contribution is 2.49. The molecule has 3 aliphatic rings. The highest BCUT2D eigenvalue weighted by molar-refractivity contribution is 5.82. The average Bonchev–Trinajstić information content (AvgIpc) is 2.86. The van der Waals surface area contributed by atoms with Crippen LogP contribution in [0.15, 0.2) is 86.1 Å². The van der Waals surface area contributed by atoms with Crippen molar-refractivity contribution in [3.8, 4) is 0 Å². The van der Waals surface area contributed by atoms with Gasteiger partial charge in [-0.2, -0.15) is 0 Å². The summed E-state index contributed by atoms with van der Waals surface area (Å²) in [6.07, 6.45) is 7.90. The summed E-state index contributed by atoms with van der Waals surface area (Å²) in [4.78, 5) is 4.58. The van der Waals surface area contributed by atoms with Crippen molar-refractivity contribution in [2.75, 3.05) is 19.7 Å². The lowest BCUT2D eigenvalue weighted by atomic mass is 9.71. The topological polar surface area (TPSA) is 22.1 Å². The van der Waals surface area contributed by atoms with Crippen molar-refractivity contribution in [1.29, 1.82) is 0 Å². The molecule has 3 saturated heterocycles. The Bertz CT molecular complexity index is 1160. The number of nitrogens with zero attached hydrogens (tertiary/aromatic N) is 2. The van der Waals surface area contributed by atoms with Gasteiger partial charge < -0.3 is 9.22 Å². The molecule has 3 nitrogen and oxygen atoms in total. The Labute approximate surface area is 195 Å².